The molecule has 0 bridgehead atoms. The predicted octanol–water partition coefficient (Wildman–Crippen LogP) is 6.42. The zero-order valence-corrected chi connectivity index (χ0v) is 21.0. The van der Waals surface area contributed by atoms with Crippen molar-refractivity contribution < 1.29 is 28.8 Å². The maximum Gasteiger partial charge on any atom is 0.343 e. The second kappa shape index (κ2) is 13.5. The summed E-state index contributed by atoms with van der Waals surface area (Å²) in [5.74, 6) is 0.0403. The number of methoxy groups -OCH3 is 2. The average molecular weight is 461 g/mol. The van der Waals surface area contributed by atoms with E-state index < -0.39 is 5.97 Å². The molecule has 0 saturated heterocycles. The Hall–Kier alpha value is -2.15. The molecule has 3 unspecified atom stereocenters. The smallest absolute Gasteiger partial charge is 0.343 e. The molecular formula is C27H40O6. The molecule has 6 heteroatoms. The lowest BCUT2D eigenvalue weighted by atomic mass is 9.99. The SMILES string of the molecule is COC1C=C(CC/C=C(\C)CC/C=C(\C)CCCC(C)/C=C2\OC(=O)C(C)=C2O)C(OC)O1. The van der Waals surface area contributed by atoms with Crippen LogP contribution in [0.15, 0.2) is 58.1 Å². The van der Waals surface area contributed by atoms with E-state index in [-0.39, 0.29) is 29.8 Å². The van der Waals surface area contributed by atoms with Crippen LogP contribution in [0.3, 0.4) is 0 Å². The van der Waals surface area contributed by atoms with Crippen LogP contribution in [0.1, 0.15) is 72.6 Å². The van der Waals surface area contributed by atoms with E-state index in [1.165, 1.54) is 11.1 Å². The minimum absolute atomic E-state index is 0.0302. The quantitative estimate of drug-likeness (QED) is 0.252. The fourth-order valence-corrected chi connectivity index (χ4v) is 3.93. The number of cyclic esters (lactones) is 1. The molecule has 0 aromatic carbocycles. The fourth-order valence-electron chi connectivity index (χ4n) is 3.93. The van der Waals surface area contributed by atoms with Crippen LogP contribution in [0.2, 0.25) is 0 Å². The molecule has 0 aromatic rings. The molecule has 184 valence electrons. The van der Waals surface area contributed by atoms with Crippen molar-refractivity contribution in [2.45, 2.75) is 85.2 Å². The Morgan fingerprint density at radius 2 is 1.85 bits per heavy atom. The van der Waals surface area contributed by atoms with E-state index in [4.69, 9.17) is 18.9 Å². The Balaban J connectivity index is 1.66. The van der Waals surface area contributed by atoms with Gasteiger partial charge in [0.25, 0.3) is 0 Å². The lowest BCUT2D eigenvalue weighted by Crippen LogP contribution is -2.17. The first-order chi connectivity index (χ1) is 15.7. The third-order valence-corrected chi connectivity index (χ3v) is 6.08. The summed E-state index contributed by atoms with van der Waals surface area (Å²) in [4.78, 5) is 11.5. The Labute approximate surface area is 198 Å². The number of allylic oxidation sites excluding steroid dienone is 5. The van der Waals surface area contributed by atoms with Crippen LogP contribution in [0, 0.1) is 5.92 Å². The minimum Gasteiger partial charge on any atom is -0.504 e. The van der Waals surface area contributed by atoms with Gasteiger partial charge in [0.2, 0.25) is 0 Å². The van der Waals surface area contributed by atoms with Crippen LogP contribution in [0.5, 0.6) is 0 Å². The standard InChI is InChI=1S/C27H40O6/c1-18(12-8-14-20(3)16-23-25(28)21(4)26(29)32-23)10-7-11-19(2)13-9-15-22-17-24(30-5)33-27(22)31-6/h10,13,16-17,20,24,27-28H,7-9,11-12,14-15H2,1-6H3/b18-10+,19-13+,23-16-. The molecule has 0 saturated carbocycles. The van der Waals surface area contributed by atoms with Gasteiger partial charge >= 0.3 is 5.97 Å². The maximum atomic E-state index is 11.5. The minimum atomic E-state index is -0.461. The van der Waals surface area contributed by atoms with E-state index in [0.717, 1.165) is 50.5 Å². The van der Waals surface area contributed by atoms with E-state index >= 15 is 0 Å². The van der Waals surface area contributed by atoms with Crippen molar-refractivity contribution in [2.75, 3.05) is 14.2 Å². The van der Waals surface area contributed by atoms with Gasteiger partial charge < -0.3 is 24.1 Å². The fraction of sp³-hybridized carbons (Fsp3) is 0.593. The van der Waals surface area contributed by atoms with Gasteiger partial charge in [-0.2, -0.15) is 0 Å². The molecule has 0 aromatic heterocycles. The van der Waals surface area contributed by atoms with Crippen molar-refractivity contribution in [1.82, 2.24) is 0 Å². The summed E-state index contributed by atoms with van der Waals surface area (Å²) >= 11 is 0. The van der Waals surface area contributed by atoms with Gasteiger partial charge in [-0.15, -0.1) is 0 Å². The van der Waals surface area contributed by atoms with Gasteiger partial charge in [-0.05, 0) is 89.4 Å². The van der Waals surface area contributed by atoms with Gasteiger partial charge in [-0.1, -0.05) is 30.2 Å². The summed E-state index contributed by atoms with van der Waals surface area (Å²) < 4.78 is 21.3. The number of aliphatic hydroxyl groups is 1. The van der Waals surface area contributed by atoms with Crippen LogP contribution in [0.4, 0.5) is 0 Å². The van der Waals surface area contributed by atoms with Gasteiger partial charge in [-0.3, -0.25) is 0 Å². The Morgan fingerprint density at radius 3 is 2.48 bits per heavy atom. The number of rotatable bonds is 13. The second-order valence-corrected chi connectivity index (χ2v) is 8.99. The van der Waals surface area contributed by atoms with E-state index in [1.807, 2.05) is 12.2 Å². The van der Waals surface area contributed by atoms with Gasteiger partial charge in [0, 0.05) is 14.2 Å². The summed E-state index contributed by atoms with van der Waals surface area (Å²) in [6.45, 7) is 8.02. The van der Waals surface area contributed by atoms with Crippen LogP contribution in [-0.4, -0.2) is 37.9 Å². The zero-order chi connectivity index (χ0) is 24.4. The largest absolute Gasteiger partial charge is 0.504 e. The molecule has 1 N–H and O–H groups in total. The molecule has 0 radical (unpaired) electrons. The highest BCUT2D eigenvalue weighted by Crippen LogP contribution is 2.27. The number of hydrogen-bond donors (Lipinski definition) is 1. The maximum absolute atomic E-state index is 11.5. The number of hydrogen-bond acceptors (Lipinski definition) is 6. The Kier molecular flexibility index (Phi) is 11.1. The Morgan fingerprint density at radius 1 is 1.15 bits per heavy atom. The van der Waals surface area contributed by atoms with E-state index in [1.54, 1.807) is 21.1 Å². The van der Waals surface area contributed by atoms with Crippen LogP contribution >= 0.6 is 0 Å². The summed E-state index contributed by atoms with van der Waals surface area (Å²) in [5.41, 5.74) is 4.21. The van der Waals surface area contributed by atoms with Gasteiger partial charge in [0.1, 0.15) is 0 Å². The van der Waals surface area contributed by atoms with E-state index in [9.17, 15) is 9.90 Å². The molecule has 2 aliphatic rings. The molecule has 0 amide bonds. The van der Waals surface area contributed by atoms with Crippen LogP contribution in [-0.2, 0) is 23.7 Å². The number of carbonyl (C=O) groups excluding carboxylic acids is 1. The van der Waals surface area contributed by atoms with Crippen LogP contribution in [0.25, 0.3) is 0 Å². The average Bonchev–Trinajstić information content (AvgIpc) is 3.29. The predicted molar refractivity (Wildman–Crippen MR) is 129 cm³/mol. The van der Waals surface area contributed by atoms with Crippen molar-refractivity contribution in [3.05, 3.63) is 58.1 Å². The topological polar surface area (TPSA) is 74.2 Å². The van der Waals surface area contributed by atoms with Gasteiger partial charge in [0.15, 0.2) is 24.1 Å². The number of carbonyl (C=O) groups is 1. The molecule has 0 aliphatic carbocycles. The molecule has 2 aliphatic heterocycles. The van der Waals surface area contributed by atoms with Crippen LogP contribution < -0.4 is 0 Å². The zero-order valence-electron chi connectivity index (χ0n) is 21.0. The third-order valence-electron chi connectivity index (χ3n) is 6.08. The summed E-state index contributed by atoms with van der Waals surface area (Å²) in [5, 5.41) is 9.92. The molecule has 6 nitrogen and oxygen atoms in total. The highest BCUT2D eigenvalue weighted by molar-refractivity contribution is 5.93. The molecule has 3 atom stereocenters. The van der Waals surface area contributed by atoms with Gasteiger partial charge in [-0.25, -0.2) is 4.79 Å². The summed E-state index contributed by atoms with van der Waals surface area (Å²) in [7, 11) is 3.28. The lowest BCUT2D eigenvalue weighted by Gasteiger charge is -2.13. The van der Waals surface area contributed by atoms with E-state index in [2.05, 4.69) is 32.9 Å². The molecule has 0 fully saturated rings. The first-order valence-electron chi connectivity index (χ1n) is 11.8. The first kappa shape index (κ1) is 27.1. The lowest BCUT2D eigenvalue weighted by molar-refractivity contribution is -0.177. The summed E-state index contributed by atoms with van der Waals surface area (Å²) in [6.07, 6.45) is 14.9. The highest BCUT2D eigenvalue weighted by atomic mass is 16.8. The van der Waals surface area contributed by atoms with Crippen molar-refractivity contribution >= 4 is 5.97 Å². The summed E-state index contributed by atoms with van der Waals surface area (Å²) in [6, 6.07) is 0. The molecule has 33 heavy (non-hydrogen) atoms. The highest BCUT2D eigenvalue weighted by Gasteiger charge is 2.27. The van der Waals surface area contributed by atoms with Crippen molar-refractivity contribution in [2.24, 2.45) is 5.92 Å². The van der Waals surface area contributed by atoms with Crippen molar-refractivity contribution in [3.63, 3.8) is 0 Å². The molecule has 2 heterocycles. The van der Waals surface area contributed by atoms with Crippen molar-refractivity contribution in [1.29, 1.82) is 0 Å². The number of ether oxygens (including phenoxy) is 4. The van der Waals surface area contributed by atoms with E-state index in [0.29, 0.717) is 5.76 Å². The molecular weight excluding hydrogens is 420 g/mol. The number of esters is 1. The third kappa shape index (κ3) is 8.61. The Bertz CT molecular complexity index is 830. The van der Waals surface area contributed by atoms with Crippen molar-refractivity contribution in [3.8, 4) is 0 Å². The number of aliphatic hydroxyl groups excluding tert-OH is 1. The molecule has 2 rings (SSSR count). The first-order valence-corrected chi connectivity index (χ1v) is 11.8. The second-order valence-electron chi connectivity index (χ2n) is 8.99. The van der Waals surface area contributed by atoms with Gasteiger partial charge in [0.05, 0.1) is 5.57 Å². The normalized spacial score (nSPS) is 24.0. The molecule has 0 spiro atoms. The monoisotopic (exact) mass is 460 g/mol.